The quantitative estimate of drug-likeness (QED) is 0.748. The molecule has 0 aliphatic carbocycles. The Kier molecular flexibility index (Phi) is 3.76. The summed E-state index contributed by atoms with van der Waals surface area (Å²) in [5, 5.41) is 4.62. The maximum Gasteiger partial charge on any atom is 0.134 e. The van der Waals surface area contributed by atoms with Crippen molar-refractivity contribution in [1.82, 2.24) is 5.32 Å². The summed E-state index contributed by atoms with van der Waals surface area (Å²) >= 11 is 0. The van der Waals surface area contributed by atoms with Crippen LogP contribution in [-0.4, -0.2) is 0 Å². The summed E-state index contributed by atoms with van der Waals surface area (Å²) in [6.07, 6.45) is 0. The molecule has 1 aromatic heterocycles. The number of rotatable bonds is 4. The van der Waals surface area contributed by atoms with E-state index >= 15 is 0 Å². The van der Waals surface area contributed by atoms with E-state index in [2.05, 4.69) is 18.3 Å². The van der Waals surface area contributed by atoms with Crippen LogP contribution < -0.4 is 5.32 Å². The predicted octanol–water partition coefficient (Wildman–Crippen LogP) is 4.73. The molecule has 0 fully saturated rings. The van der Waals surface area contributed by atoms with E-state index in [1.54, 1.807) is 0 Å². The molecule has 1 atom stereocenters. The van der Waals surface area contributed by atoms with Gasteiger partial charge in [0.2, 0.25) is 0 Å². The van der Waals surface area contributed by atoms with Crippen LogP contribution >= 0.6 is 0 Å². The van der Waals surface area contributed by atoms with Gasteiger partial charge in [-0.15, -0.1) is 0 Å². The molecule has 1 heterocycles. The van der Waals surface area contributed by atoms with E-state index in [0.717, 1.165) is 28.8 Å². The van der Waals surface area contributed by atoms with Gasteiger partial charge < -0.3 is 9.73 Å². The number of nitrogens with one attached hydrogen (secondary N) is 1. The molecule has 108 valence electrons. The van der Waals surface area contributed by atoms with Crippen LogP contribution in [0.1, 0.15) is 29.9 Å². The number of halogens is 1. The van der Waals surface area contributed by atoms with Gasteiger partial charge in [-0.25, -0.2) is 4.39 Å². The summed E-state index contributed by atoms with van der Waals surface area (Å²) in [6.45, 7) is 4.78. The first-order valence-electron chi connectivity index (χ1n) is 7.11. The number of hydrogen-bond donors (Lipinski definition) is 1. The predicted molar refractivity (Wildman–Crippen MR) is 82.6 cm³/mol. The Balaban J connectivity index is 1.77. The van der Waals surface area contributed by atoms with Crippen LogP contribution in [0.5, 0.6) is 0 Å². The molecule has 0 amide bonds. The third-order valence-corrected chi connectivity index (χ3v) is 3.86. The van der Waals surface area contributed by atoms with Crippen LogP contribution in [0.2, 0.25) is 0 Å². The number of para-hydroxylation sites is 1. The fourth-order valence-corrected chi connectivity index (χ4v) is 2.57. The van der Waals surface area contributed by atoms with Crippen molar-refractivity contribution < 1.29 is 8.81 Å². The Morgan fingerprint density at radius 2 is 1.81 bits per heavy atom. The minimum Gasteiger partial charge on any atom is -0.461 e. The number of benzene rings is 2. The normalized spacial score (nSPS) is 12.7. The first-order chi connectivity index (χ1) is 10.1. The van der Waals surface area contributed by atoms with E-state index in [1.807, 2.05) is 37.3 Å². The van der Waals surface area contributed by atoms with Crippen LogP contribution in [0, 0.1) is 12.7 Å². The Bertz CT molecular complexity index is 746. The topological polar surface area (TPSA) is 25.2 Å². The number of hydrogen-bond acceptors (Lipinski definition) is 2. The summed E-state index contributed by atoms with van der Waals surface area (Å²) in [7, 11) is 0. The maximum atomic E-state index is 13.0. The van der Waals surface area contributed by atoms with Crippen LogP contribution in [0.25, 0.3) is 11.0 Å². The molecule has 0 radical (unpaired) electrons. The van der Waals surface area contributed by atoms with E-state index < -0.39 is 0 Å². The minimum atomic E-state index is -0.206. The SMILES string of the molecule is Cc1oc2ccccc2c1CN[C@H](C)c1ccc(F)cc1. The van der Waals surface area contributed by atoms with Gasteiger partial charge in [-0.2, -0.15) is 0 Å². The minimum absolute atomic E-state index is 0.152. The van der Waals surface area contributed by atoms with Crippen molar-refractivity contribution in [3.8, 4) is 0 Å². The van der Waals surface area contributed by atoms with Crippen molar-refractivity contribution >= 4 is 11.0 Å². The summed E-state index contributed by atoms with van der Waals surface area (Å²) in [5.41, 5.74) is 3.17. The van der Waals surface area contributed by atoms with E-state index in [1.165, 1.54) is 17.7 Å². The Hall–Kier alpha value is -2.13. The lowest BCUT2D eigenvalue weighted by atomic mass is 10.1. The second kappa shape index (κ2) is 5.70. The highest BCUT2D eigenvalue weighted by Gasteiger charge is 2.12. The van der Waals surface area contributed by atoms with Crippen molar-refractivity contribution in [1.29, 1.82) is 0 Å². The van der Waals surface area contributed by atoms with Gasteiger partial charge in [-0.3, -0.25) is 0 Å². The van der Waals surface area contributed by atoms with Gasteiger partial charge in [-0.1, -0.05) is 30.3 Å². The largest absolute Gasteiger partial charge is 0.461 e. The van der Waals surface area contributed by atoms with Gasteiger partial charge >= 0.3 is 0 Å². The highest BCUT2D eigenvalue weighted by molar-refractivity contribution is 5.82. The monoisotopic (exact) mass is 283 g/mol. The summed E-state index contributed by atoms with van der Waals surface area (Å²) in [5.74, 6) is 0.734. The molecule has 2 aromatic carbocycles. The fraction of sp³-hybridized carbons (Fsp3) is 0.222. The highest BCUT2D eigenvalue weighted by Crippen LogP contribution is 2.25. The zero-order chi connectivity index (χ0) is 14.8. The fourth-order valence-electron chi connectivity index (χ4n) is 2.57. The van der Waals surface area contributed by atoms with Gasteiger partial charge in [-0.05, 0) is 37.6 Å². The molecular weight excluding hydrogens is 265 g/mol. The number of furan rings is 1. The van der Waals surface area contributed by atoms with Gasteiger partial charge in [0, 0.05) is 23.5 Å². The van der Waals surface area contributed by atoms with Crippen molar-refractivity contribution in [2.45, 2.75) is 26.4 Å². The molecule has 3 rings (SSSR count). The molecule has 1 N–H and O–H groups in total. The Morgan fingerprint density at radius 1 is 1.10 bits per heavy atom. The third-order valence-electron chi connectivity index (χ3n) is 3.86. The van der Waals surface area contributed by atoms with E-state index in [9.17, 15) is 4.39 Å². The molecule has 3 aromatic rings. The van der Waals surface area contributed by atoms with E-state index in [-0.39, 0.29) is 11.9 Å². The lowest BCUT2D eigenvalue weighted by Gasteiger charge is -2.14. The van der Waals surface area contributed by atoms with Gasteiger partial charge in [0.1, 0.15) is 17.2 Å². The number of fused-ring (bicyclic) bond motifs is 1. The molecule has 3 heteroatoms. The molecule has 21 heavy (non-hydrogen) atoms. The molecular formula is C18H18FNO. The lowest BCUT2D eigenvalue weighted by molar-refractivity contribution is 0.543. The summed E-state index contributed by atoms with van der Waals surface area (Å²) in [6, 6.07) is 14.8. The molecule has 0 bridgehead atoms. The second-order valence-electron chi connectivity index (χ2n) is 5.29. The first kappa shape index (κ1) is 13.8. The average Bonchev–Trinajstić information content (AvgIpc) is 2.81. The van der Waals surface area contributed by atoms with Crippen LogP contribution in [-0.2, 0) is 6.54 Å². The Labute approximate surface area is 123 Å². The van der Waals surface area contributed by atoms with Crippen LogP contribution in [0.15, 0.2) is 52.9 Å². The second-order valence-corrected chi connectivity index (χ2v) is 5.29. The van der Waals surface area contributed by atoms with Crippen molar-refractivity contribution in [2.75, 3.05) is 0 Å². The molecule has 0 aliphatic heterocycles. The maximum absolute atomic E-state index is 13.0. The molecule has 0 unspecified atom stereocenters. The van der Waals surface area contributed by atoms with Crippen molar-refractivity contribution in [3.05, 3.63) is 71.2 Å². The average molecular weight is 283 g/mol. The molecule has 0 saturated heterocycles. The zero-order valence-electron chi connectivity index (χ0n) is 12.2. The van der Waals surface area contributed by atoms with E-state index in [0.29, 0.717) is 0 Å². The van der Waals surface area contributed by atoms with E-state index in [4.69, 9.17) is 4.42 Å². The molecule has 0 spiro atoms. The third kappa shape index (κ3) is 2.83. The number of aryl methyl sites for hydroxylation is 1. The van der Waals surface area contributed by atoms with Crippen molar-refractivity contribution in [2.24, 2.45) is 0 Å². The Morgan fingerprint density at radius 3 is 2.57 bits per heavy atom. The van der Waals surface area contributed by atoms with Crippen LogP contribution in [0.3, 0.4) is 0 Å². The van der Waals surface area contributed by atoms with Gasteiger partial charge in [0.15, 0.2) is 0 Å². The first-order valence-corrected chi connectivity index (χ1v) is 7.11. The van der Waals surface area contributed by atoms with Crippen molar-refractivity contribution in [3.63, 3.8) is 0 Å². The lowest BCUT2D eigenvalue weighted by Crippen LogP contribution is -2.18. The van der Waals surface area contributed by atoms with Gasteiger partial charge in [0.25, 0.3) is 0 Å². The summed E-state index contributed by atoms with van der Waals surface area (Å²) < 4.78 is 18.7. The zero-order valence-corrected chi connectivity index (χ0v) is 12.2. The molecule has 0 saturated carbocycles. The standard InChI is InChI=1S/C18H18FNO/c1-12(14-7-9-15(19)10-8-14)20-11-17-13(2)21-18-6-4-3-5-16(17)18/h3-10,12,20H,11H2,1-2H3/t12-/m1/s1. The van der Waals surface area contributed by atoms with Crippen LogP contribution in [0.4, 0.5) is 4.39 Å². The van der Waals surface area contributed by atoms with Gasteiger partial charge in [0.05, 0.1) is 0 Å². The highest BCUT2D eigenvalue weighted by atomic mass is 19.1. The molecule has 0 aliphatic rings. The molecule has 2 nitrogen and oxygen atoms in total. The smallest absolute Gasteiger partial charge is 0.134 e. The summed E-state index contributed by atoms with van der Waals surface area (Å²) in [4.78, 5) is 0.